The van der Waals surface area contributed by atoms with Crippen LogP contribution in [0.2, 0.25) is 0 Å². The van der Waals surface area contributed by atoms with Crippen molar-refractivity contribution in [2.24, 2.45) is 0 Å². The molecule has 6 nitrogen and oxygen atoms in total. The molecular formula is C17H17N5O. The number of pyridine rings is 1. The van der Waals surface area contributed by atoms with E-state index in [1.54, 1.807) is 37.1 Å². The van der Waals surface area contributed by atoms with Gasteiger partial charge in [0.15, 0.2) is 0 Å². The monoisotopic (exact) mass is 307 g/mol. The van der Waals surface area contributed by atoms with Crippen molar-refractivity contribution in [1.29, 1.82) is 0 Å². The highest BCUT2D eigenvalue weighted by Gasteiger charge is 2.10. The lowest BCUT2D eigenvalue weighted by atomic mass is 10.2. The number of hydrogen-bond donors (Lipinski definition) is 1. The number of carbonyl (C=O) groups is 1. The molecule has 23 heavy (non-hydrogen) atoms. The zero-order chi connectivity index (χ0) is 16.2. The molecule has 0 aliphatic heterocycles. The van der Waals surface area contributed by atoms with E-state index < -0.39 is 0 Å². The topological polar surface area (TPSA) is 63.1 Å². The van der Waals surface area contributed by atoms with Gasteiger partial charge in [-0.25, -0.2) is 9.66 Å². The maximum absolute atomic E-state index is 12.3. The lowest BCUT2D eigenvalue weighted by molar-refractivity contribution is 0.0951. The number of benzene rings is 1. The van der Waals surface area contributed by atoms with Gasteiger partial charge in [-0.2, -0.15) is 0 Å². The predicted octanol–water partition coefficient (Wildman–Crippen LogP) is 2.07. The van der Waals surface area contributed by atoms with Gasteiger partial charge in [0.25, 0.3) is 5.91 Å². The number of nitrogens with one attached hydrogen (secondary N) is 1. The molecule has 0 aliphatic carbocycles. The summed E-state index contributed by atoms with van der Waals surface area (Å²) in [6.45, 7) is 4.17. The van der Waals surface area contributed by atoms with Crippen LogP contribution in [0.15, 0.2) is 61.8 Å². The van der Waals surface area contributed by atoms with Crippen molar-refractivity contribution in [2.45, 2.75) is 6.54 Å². The van der Waals surface area contributed by atoms with Crippen molar-refractivity contribution in [1.82, 2.24) is 20.0 Å². The SMILES string of the molecule is C=CN(C)n1cnc2cc(C(=O)NCc3cccnc3)ccc21. The summed E-state index contributed by atoms with van der Waals surface area (Å²) in [6.07, 6.45) is 6.82. The summed E-state index contributed by atoms with van der Waals surface area (Å²) < 4.78 is 1.86. The van der Waals surface area contributed by atoms with E-state index in [9.17, 15) is 4.79 Å². The van der Waals surface area contributed by atoms with Gasteiger partial charge in [0.2, 0.25) is 0 Å². The molecule has 0 unspecified atom stereocenters. The van der Waals surface area contributed by atoms with Gasteiger partial charge in [-0.1, -0.05) is 12.6 Å². The average Bonchev–Trinajstić information content (AvgIpc) is 3.03. The van der Waals surface area contributed by atoms with E-state index in [1.807, 2.05) is 34.9 Å². The van der Waals surface area contributed by atoms with Crippen LogP contribution in [0, 0.1) is 0 Å². The fourth-order valence-electron chi connectivity index (χ4n) is 2.27. The highest BCUT2D eigenvalue weighted by Crippen LogP contribution is 2.15. The maximum Gasteiger partial charge on any atom is 0.251 e. The second-order valence-corrected chi connectivity index (χ2v) is 5.09. The minimum atomic E-state index is -0.137. The maximum atomic E-state index is 12.3. The number of amides is 1. The number of aromatic nitrogens is 3. The fourth-order valence-corrected chi connectivity index (χ4v) is 2.27. The Bertz CT molecular complexity index is 841. The van der Waals surface area contributed by atoms with Crippen LogP contribution in [0.5, 0.6) is 0 Å². The Morgan fingerprint density at radius 1 is 1.43 bits per heavy atom. The van der Waals surface area contributed by atoms with E-state index >= 15 is 0 Å². The first kappa shape index (κ1) is 14.8. The summed E-state index contributed by atoms with van der Waals surface area (Å²) in [4.78, 5) is 20.6. The molecule has 1 N–H and O–H groups in total. The third kappa shape index (κ3) is 3.06. The Balaban J connectivity index is 1.77. The molecule has 0 radical (unpaired) electrons. The van der Waals surface area contributed by atoms with E-state index in [1.165, 1.54) is 0 Å². The molecule has 0 bridgehead atoms. The number of nitrogens with zero attached hydrogens (tertiary/aromatic N) is 4. The van der Waals surface area contributed by atoms with Crippen LogP contribution in [0.25, 0.3) is 11.0 Å². The minimum Gasteiger partial charge on any atom is -0.348 e. The van der Waals surface area contributed by atoms with E-state index in [0.29, 0.717) is 12.1 Å². The fraction of sp³-hybridized carbons (Fsp3) is 0.118. The lowest BCUT2D eigenvalue weighted by Gasteiger charge is -2.15. The van der Waals surface area contributed by atoms with Crippen LogP contribution >= 0.6 is 0 Å². The van der Waals surface area contributed by atoms with Crippen LogP contribution < -0.4 is 10.3 Å². The molecular weight excluding hydrogens is 290 g/mol. The molecule has 2 aromatic heterocycles. The Hall–Kier alpha value is -3.15. The molecule has 1 amide bonds. The minimum absolute atomic E-state index is 0.137. The molecule has 0 spiro atoms. The van der Waals surface area contributed by atoms with Crippen molar-refractivity contribution in [3.63, 3.8) is 0 Å². The third-order valence-electron chi connectivity index (χ3n) is 3.57. The van der Waals surface area contributed by atoms with Crippen molar-refractivity contribution < 1.29 is 4.79 Å². The van der Waals surface area contributed by atoms with Crippen LogP contribution in [-0.4, -0.2) is 27.6 Å². The molecule has 0 atom stereocenters. The molecule has 3 rings (SSSR count). The highest BCUT2D eigenvalue weighted by molar-refractivity contribution is 5.97. The van der Waals surface area contributed by atoms with Gasteiger partial charge in [0, 0.05) is 37.7 Å². The second kappa shape index (κ2) is 6.31. The highest BCUT2D eigenvalue weighted by atomic mass is 16.1. The first-order valence-corrected chi connectivity index (χ1v) is 7.19. The van der Waals surface area contributed by atoms with Gasteiger partial charge < -0.3 is 5.32 Å². The molecule has 0 saturated heterocycles. The van der Waals surface area contributed by atoms with Crippen LogP contribution in [0.1, 0.15) is 15.9 Å². The average molecular weight is 307 g/mol. The van der Waals surface area contributed by atoms with E-state index in [2.05, 4.69) is 21.9 Å². The quantitative estimate of drug-likeness (QED) is 0.784. The smallest absolute Gasteiger partial charge is 0.251 e. The van der Waals surface area contributed by atoms with E-state index in [-0.39, 0.29) is 5.91 Å². The molecule has 2 heterocycles. The Labute approximate surface area is 134 Å². The predicted molar refractivity (Wildman–Crippen MR) is 89.5 cm³/mol. The Morgan fingerprint density at radius 2 is 2.30 bits per heavy atom. The Kier molecular flexibility index (Phi) is 4.05. The molecule has 6 heteroatoms. The number of carbonyl (C=O) groups excluding carboxylic acids is 1. The van der Waals surface area contributed by atoms with Gasteiger partial charge >= 0.3 is 0 Å². The van der Waals surface area contributed by atoms with Crippen molar-refractivity contribution >= 4 is 16.9 Å². The summed E-state index contributed by atoms with van der Waals surface area (Å²) in [5.74, 6) is -0.137. The molecule has 0 fully saturated rings. The van der Waals surface area contributed by atoms with Crippen LogP contribution in [-0.2, 0) is 6.54 Å². The van der Waals surface area contributed by atoms with Crippen molar-refractivity contribution in [3.8, 4) is 0 Å². The summed E-state index contributed by atoms with van der Waals surface area (Å²) in [6, 6.07) is 9.21. The van der Waals surface area contributed by atoms with Crippen molar-refractivity contribution in [3.05, 3.63) is 73.0 Å². The number of rotatable bonds is 5. The first-order chi connectivity index (χ1) is 11.2. The molecule has 1 aromatic carbocycles. The zero-order valence-corrected chi connectivity index (χ0v) is 12.8. The molecule has 3 aromatic rings. The zero-order valence-electron chi connectivity index (χ0n) is 12.8. The summed E-state index contributed by atoms with van der Waals surface area (Å²) >= 11 is 0. The molecule has 0 aliphatic rings. The molecule has 116 valence electrons. The Morgan fingerprint density at radius 3 is 3.04 bits per heavy atom. The summed E-state index contributed by atoms with van der Waals surface area (Å²) in [7, 11) is 1.88. The number of imidazole rings is 1. The van der Waals surface area contributed by atoms with E-state index in [4.69, 9.17) is 0 Å². The summed E-state index contributed by atoms with van der Waals surface area (Å²) in [5, 5.41) is 4.70. The number of fused-ring (bicyclic) bond motifs is 1. The second-order valence-electron chi connectivity index (χ2n) is 5.09. The van der Waals surface area contributed by atoms with Crippen LogP contribution in [0.4, 0.5) is 0 Å². The molecule has 0 saturated carbocycles. The first-order valence-electron chi connectivity index (χ1n) is 7.19. The lowest BCUT2D eigenvalue weighted by Crippen LogP contribution is -2.23. The van der Waals surface area contributed by atoms with Gasteiger partial charge in [-0.3, -0.25) is 14.8 Å². The van der Waals surface area contributed by atoms with Gasteiger partial charge in [0.1, 0.15) is 6.33 Å². The van der Waals surface area contributed by atoms with Gasteiger partial charge in [-0.05, 0) is 29.8 Å². The standard InChI is InChI=1S/C17H17N5O/c1-3-21(2)22-12-20-15-9-14(6-7-16(15)22)17(23)19-11-13-5-4-8-18-10-13/h3-10,12H,1,11H2,2H3,(H,19,23). The largest absolute Gasteiger partial charge is 0.348 e. The van der Waals surface area contributed by atoms with Crippen LogP contribution in [0.3, 0.4) is 0 Å². The normalized spacial score (nSPS) is 10.5. The third-order valence-corrected chi connectivity index (χ3v) is 3.57. The van der Waals surface area contributed by atoms with Gasteiger partial charge in [-0.15, -0.1) is 0 Å². The number of hydrogen-bond acceptors (Lipinski definition) is 4. The van der Waals surface area contributed by atoms with E-state index in [0.717, 1.165) is 16.6 Å². The van der Waals surface area contributed by atoms with Gasteiger partial charge in [0.05, 0.1) is 11.0 Å². The van der Waals surface area contributed by atoms with Crippen molar-refractivity contribution in [2.75, 3.05) is 12.1 Å². The summed E-state index contributed by atoms with van der Waals surface area (Å²) in [5.41, 5.74) is 3.20.